The highest BCUT2D eigenvalue weighted by atomic mass is 32.1. The second-order valence-electron chi connectivity index (χ2n) is 10.9. The van der Waals surface area contributed by atoms with Gasteiger partial charge in [0.25, 0.3) is 0 Å². The Morgan fingerprint density at radius 1 is 0.395 bits per heavy atom. The number of para-hydroxylation sites is 1. The van der Waals surface area contributed by atoms with E-state index < -0.39 is 0 Å². The van der Waals surface area contributed by atoms with Crippen LogP contribution in [0.5, 0.6) is 0 Å². The van der Waals surface area contributed by atoms with Gasteiger partial charge in [-0.05, 0) is 70.4 Å². The van der Waals surface area contributed by atoms with E-state index in [1.165, 1.54) is 62.2 Å². The molecule has 7 aromatic carbocycles. The number of hydrogen-bond acceptors (Lipinski definition) is 3. The summed E-state index contributed by atoms with van der Waals surface area (Å²) in [5.74, 6) is 0. The minimum atomic E-state index is 1.14. The minimum Gasteiger partial charge on any atom is -0.310 e. The van der Waals surface area contributed by atoms with Crippen molar-refractivity contribution in [1.29, 1.82) is 0 Å². The molecular formula is C40H25NS2. The van der Waals surface area contributed by atoms with Gasteiger partial charge in [0.15, 0.2) is 0 Å². The summed E-state index contributed by atoms with van der Waals surface area (Å²) in [6, 6.07) is 55.3. The Labute approximate surface area is 257 Å². The summed E-state index contributed by atoms with van der Waals surface area (Å²) in [5, 5.41) is 7.96. The van der Waals surface area contributed by atoms with Crippen LogP contribution in [-0.4, -0.2) is 0 Å². The topological polar surface area (TPSA) is 3.24 Å². The van der Waals surface area contributed by atoms with Crippen molar-refractivity contribution in [2.24, 2.45) is 0 Å². The van der Waals surface area contributed by atoms with Crippen LogP contribution in [0.2, 0.25) is 0 Å². The van der Waals surface area contributed by atoms with Gasteiger partial charge >= 0.3 is 0 Å². The van der Waals surface area contributed by atoms with Crippen molar-refractivity contribution in [3.8, 4) is 11.1 Å². The summed E-state index contributed by atoms with van der Waals surface area (Å²) in [5.41, 5.74) is 5.97. The quantitative estimate of drug-likeness (QED) is 0.199. The highest BCUT2D eigenvalue weighted by Gasteiger charge is 2.16. The fourth-order valence-corrected chi connectivity index (χ4v) is 8.86. The van der Waals surface area contributed by atoms with E-state index >= 15 is 0 Å². The first-order valence-corrected chi connectivity index (χ1v) is 16.1. The summed E-state index contributed by atoms with van der Waals surface area (Å²) in [6.45, 7) is 0. The largest absolute Gasteiger partial charge is 0.310 e. The predicted molar refractivity (Wildman–Crippen MR) is 190 cm³/mol. The van der Waals surface area contributed by atoms with Crippen LogP contribution < -0.4 is 4.90 Å². The Morgan fingerprint density at radius 2 is 1.09 bits per heavy atom. The molecule has 1 nitrogen and oxygen atoms in total. The van der Waals surface area contributed by atoms with Gasteiger partial charge < -0.3 is 4.90 Å². The molecule has 3 heteroatoms. The first-order valence-electron chi connectivity index (χ1n) is 14.5. The predicted octanol–water partition coefficient (Wildman–Crippen LogP) is 12.7. The van der Waals surface area contributed by atoms with E-state index in [0.29, 0.717) is 0 Å². The Bertz CT molecular complexity index is 2450. The monoisotopic (exact) mass is 583 g/mol. The molecule has 0 aliphatic carbocycles. The summed E-state index contributed by atoms with van der Waals surface area (Å²) in [7, 11) is 0. The molecular weight excluding hydrogens is 559 g/mol. The zero-order valence-corrected chi connectivity index (χ0v) is 24.8. The molecule has 0 radical (unpaired) electrons. The summed E-state index contributed by atoms with van der Waals surface area (Å²) in [4.78, 5) is 2.36. The Hall–Kier alpha value is -4.96. The van der Waals surface area contributed by atoms with Crippen LogP contribution in [-0.2, 0) is 0 Å². The third kappa shape index (κ3) is 3.97. The van der Waals surface area contributed by atoms with Crippen molar-refractivity contribution >= 4 is 90.9 Å². The van der Waals surface area contributed by atoms with E-state index in [9.17, 15) is 0 Å². The number of nitrogens with zero attached hydrogens (tertiary/aromatic N) is 1. The first kappa shape index (κ1) is 24.6. The zero-order valence-electron chi connectivity index (χ0n) is 23.2. The lowest BCUT2D eigenvalue weighted by atomic mass is 9.99. The van der Waals surface area contributed by atoms with E-state index in [4.69, 9.17) is 0 Å². The van der Waals surface area contributed by atoms with Gasteiger partial charge in [-0.25, -0.2) is 0 Å². The molecule has 2 aromatic heterocycles. The maximum atomic E-state index is 2.36. The van der Waals surface area contributed by atoms with Gasteiger partial charge in [0.05, 0.1) is 0 Å². The Morgan fingerprint density at radius 3 is 1.98 bits per heavy atom. The van der Waals surface area contributed by atoms with Gasteiger partial charge in [0.2, 0.25) is 0 Å². The van der Waals surface area contributed by atoms with Crippen LogP contribution in [0, 0.1) is 0 Å². The fourth-order valence-electron chi connectivity index (χ4n) is 6.46. The highest BCUT2D eigenvalue weighted by molar-refractivity contribution is 7.26. The van der Waals surface area contributed by atoms with Gasteiger partial charge in [-0.3, -0.25) is 0 Å². The van der Waals surface area contributed by atoms with E-state index in [0.717, 1.165) is 17.1 Å². The van der Waals surface area contributed by atoms with Gasteiger partial charge in [-0.1, -0.05) is 103 Å². The van der Waals surface area contributed by atoms with Gasteiger partial charge in [-0.15, -0.1) is 22.7 Å². The van der Waals surface area contributed by atoms with Gasteiger partial charge in [0.1, 0.15) is 0 Å². The first-order chi connectivity index (χ1) is 21.3. The molecule has 0 fully saturated rings. The summed E-state index contributed by atoms with van der Waals surface area (Å²) < 4.78 is 5.32. The molecule has 9 rings (SSSR count). The van der Waals surface area contributed by atoms with E-state index in [-0.39, 0.29) is 0 Å². The molecule has 0 amide bonds. The van der Waals surface area contributed by atoms with Crippen LogP contribution in [0.3, 0.4) is 0 Å². The summed E-state index contributed by atoms with van der Waals surface area (Å²) >= 11 is 3.76. The molecule has 0 spiro atoms. The van der Waals surface area contributed by atoms with Crippen LogP contribution >= 0.6 is 22.7 Å². The lowest BCUT2D eigenvalue weighted by Crippen LogP contribution is -2.09. The summed E-state index contributed by atoms with van der Waals surface area (Å²) in [6.07, 6.45) is 0. The maximum absolute atomic E-state index is 2.36. The highest BCUT2D eigenvalue weighted by Crippen LogP contribution is 2.44. The third-order valence-corrected chi connectivity index (χ3v) is 10.8. The van der Waals surface area contributed by atoms with Crippen molar-refractivity contribution in [3.05, 3.63) is 152 Å². The van der Waals surface area contributed by atoms with E-state index in [1.807, 2.05) is 22.7 Å². The number of fused-ring (bicyclic) bond motifs is 8. The number of thiophene rings is 2. The molecule has 0 saturated carbocycles. The van der Waals surface area contributed by atoms with Crippen LogP contribution in [0.4, 0.5) is 17.1 Å². The molecule has 43 heavy (non-hydrogen) atoms. The van der Waals surface area contributed by atoms with Gasteiger partial charge in [-0.2, -0.15) is 0 Å². The van der Waals surface area contributed by atoms with Crippen molar-refractivity contribution in [2.45, 2.75) is 0 Å². The number of hydrogen-bond donors (Lipinski definition) is 0. The Balaban J connectivity index is 1.17. The van der Waals surface area contributed by atoms with Crippen molar-refractivity contribution in [1.82, 2.24) is 0 Å². The number of anilines is 3. The molecule has 0 saturated heterocycles. The fraction of sp³-hybridized carbons (Fsp3) is 0. The lowest BCUT2D eigenvalue weighted by molar-refractivity contribution is 1.29. The van der Waals surface area contributed by atoms with E-state index in [1.54, 1.807) is 0 Å². The van der Waals surface area contributed by atoms with E-state index in [2.05, 4.69) is 157 Å². The van der Waals surface area contributed by atoms with Crippen LogP contribution in [0.25, 0.3) is 62.2 Å². The SMILES string of the molecule is c1ccc(N(c2ccc(-c3cccc4c3sc3ccc5ccccc5c34)cc2)c2ccc3c(c2)sc2ccccc23)cc1. The van der Waals surface area contributed by atoms with Gasteiger partial charge in [0, 0.05) is 57.4 Å². The average Bonchev–Trinajstić information content (AvgIpc) is 3.64. The second kappa shape index (κ2) is 9.81. The average molecular weight is 584 g/mol. The zero-order chi connectivity index (χ0) is 28.3. The second-order valence-corrected chi connectivity index (χ2v) is 13.1. The number of benzene rings is 7. The molecule has 0 aliphatic rings. The molecule has 2 heterocycles. The van der Waals surface area contributed by atoms with Crippen molar-refractivity contribution in [2.75, 3.05) is 4.90 Å². The molecule has 0 bridgehead atoms. The van der Waals surface area contributed by atoms with Crippen LogP contribution in [0.1, 0.15) is 0 Å². The normalized spacial score (nSPS) is 11.7. The third-order valence-electron chi connectivity index (χ3n) is 8.46. The smallest absolute Gasteiger partial charge is 0.0476 e. The Kier molecular flexibility index (Phi) is 5.62. The number of rotatable bonds is 4. The molecule has 0 N–H and O–H groups in total. The molecule has 0 unspecified atom stereocenters. The lowest BCUT2D eigenvalue weighted by Gasteiger charge is -2.25. The standard InChI is InChI=1S/C40H25NS2/c1-2-10-28(11-3-1)41(30-22-23-34-33-13-6-7-16-36(33)42-38(34)25-30)29-20-17-27(18-21-29)32-14-8-15-35-39-31-12-5-4-9-26(31)19-24-37(39)43-40(32)35/h1-25H. The minimum absolute atomic E-state index is 1.14. The van der Waals surface area contributed by atoms with Crippen LogP contribution in [0.15, 0.2) is 152 Å². The molecule has 0 atom stereocenters. The maximum Gasteiger partial charge on any atom is 0.0476 e. The molecule has 202 valence electrons. The molecule has 0 aliphatic heterocycles. The van der Waals surface area contributed by atoms with Crippen molar-refractivity contribution < 1.29 is 0 Å². The molecule has 9 aromatic rings. The van der Waals surface area contributed by atoms with Crippen molar-refractivity contribution in [3.63, 3.8) is 0 Å².